The number of aromatic nitrogens is 2. The molecule has 1 fully saturated rings. The number of rotatable bonds is 4. The fourth-order valence-corrected chi connectivity index (χ4v) is 3.81. The molecule has 3 rings (SSSR count). The molecule has 0 N–H and O–H groups in total. The van der Waals surface area contributed by atoms with E-state index in [1.165, 1.54) is 18.4 Å². The molecule has 0 aliphatic carbocycles. The first kappa shape index (κ1) is 15.3. The van der Waals surface area contributed by atoms with Crippen LogP contribution in [0.25, 0.3) is 0 Å². The van der Waals surface area contributed by atoms with Gasteiger partial charge in [-0.3, -0.25) is 0 Å². The number of hydrogen-bond acceptors (Lipinski definition) is 3. The van der Waals surface area contributed by atoms with Crippen LogP contribution in [0.15, 0.2) is 36.4 Å². The topological polar surface area (TPSA) is 29.0 Å². The van der Waals surface area contributed by atoms with Crippen LogP contribution in [-0.4, -0.2) is 22.6 Å². The van der Waals surface area contributed by atoms with Crippen LogP contribution < -0.4 is 4.90 Å². The monoisotopic (exact) mass is 315 g/mol. The molecule has 0 radical (unpaired) electrons. The lowest BCUT2D eigenvalue weighted by Gasteiger charge is -2.32. The maximum Gasteiger partial charge on any atom is 0.134 e. The Balaban J connectivity index is 1.92. The van der Waals surface area contributed by atoms with Gasteiger partial charge in [-0.25, -0.2) is 9.97 Å². The van der Waals surface area contributed by atoms with Crippen molar-refractivity contribution >= 4 is 17.4 Å². The number of hydrogen-bond donors (Lipinski definition) is 0. The van der Waals surface area contributed by atoms with Crippen molar-refractivity contribution in [3.8, 4) is 0 Å². The highest BCUT2D eigenvalue weighted by Gasteiger charge is 2.32. The second kappa shape index (κ2) is 6.66. The van der Waals surface area contributed by atoms with E-state index in [1.54, 1.807) is 0 Å². The highest BCUT2D eigenvalue weighted by molar-refractivity contribution is 6.29. The largest absolute Gasteiger partial charge is 0.353 e. The lowest BCUT2D eigenvalue weighted by Crippen LogP contribution is -2.35. The fraction of sp³-hybridized carbons (Fsp3) is 0.444. The summed E-state index contributed by atoms with van der Waals surface area (Å²) in [4.78, 5) is 11.2. The minimum Gasteiger partial charge on any atom is -0.353 e. The van der Waals surface area contributed by atoms with E-state index in [9.17, 15) is 0 Å². The van der Waals surface area contributed by atoms with Gasteiger partial charge < -0.3 is 4.90 Å². The molecular formula is C18H22ClN3. The smallest absolute Gasteiger partial charge is 0.134 e. The molecule has 1 saturated heterocycles. The highest BCUT2D eigenvalue weighted by Crippen LogP contribution is 2.36. The van der Waals surface area contributed by atoms with Crippen LogP contribution in [0, 0.1) is 6.92 Å². The summed E-state index contributed by atoms with van der Waals surface area (Å²) in [6, 6.07) is 13.2. The molecule has 0 unspecified atom stereocenters. The number of nitrogens with zero attached hydrogens (tertiary/aromatic N) is 3. The van der Waals surface area contributed by atoms with Gasteiger partial charge in [0.1, 0.15) is 16.8 Å². The third-order valence-electron chi connectivity index (χ3n) is 4.52. The van der Waals surface area contributed by atoms with Crippen molar-refractivity contribution in [2.45, 2.75) is 45.1 Å². The van der Waals surface area contributed by atoms with Crippen LogP contribution in [0.5, 0.6) is 0 Å². The summed E-state index contributed by atoms with van der Waals surface area (Å²) in [6.07, 6.45) is 3.53. The molecule has 4 heteroatoms. The Hall–Kier alpha value is -1.61. The van der Waals surface area contributed by atoms with Crippen LogP contribution in [0.2, 0.25) is 5.15 Å². The lowest BCUT2D eigenvalue weighted by atomic mass is 9.87. The predicted molar refractivity (Wildman–Crippen MR) is 91.6 cm³/mol. The molecule has 3 nitrogen and oxygen atoms in total. The Morgan fingerprint density at radius 1 is 1.27 bits per heavy atom. The van der Waals surface area contributed by atoms with Gasteiger partial charge in [-0.05, 0) is 31.7 Å². The average molecular weight is 316 g/mol. The van der Waals surface area contributed by atoms with Crippen molar-refractivity contribution in [1.82, 2.24) is 9.97 Å². The first-order valence-electron chi connectivity index (χ1n) is 8.02. The summed E-state index contributed by atoms with van der Waals surface area (Å²) in [7, 11) is 0. The van der Waals surface area contributed by atoms with Gasteiger partial charge in [0.15, 0.2) is 0 Å². The zero-order valence-electron chi connectivity index (χ0n) is 13.2. The van der Waals surface area contributed by atoms with Crippen LogP contribution in [-0.2, 0) is 0 Å². The van der Waals surface area contributed by atoms with Crippen molar-refractivity contribution in [2.75, 3.05) is 11.4 Å². The zero-order chi connectivity index (χ0) is 15.5. The third-order valence-corrected chi connectivity index (χ3v) is 4.71. The summed E-state index contributed by atoms with van der Waals surface area (Å²) in [5.41, 5.74) is 1.42. The lowest BCUT2D eigenvalue weighted by molar-refractivity contribution is 0.513. The van der Waals surface area contributed by atoms with Gasteiger partial charge >= 0.3 is 0 Å². The molecule has 2 atom stereocenters. The van der Waals surface area contributed by atoms with E-state index in [1.807, 2.05) is 13.0 Å². The van der Waals surface area contributed by atoms with Crippen molar-refractivity contribution in [3.63, 3.8) is 0 Å². The molecule has 0 amide bonds. The maximum atomic E-state index is 6.13. The van der Waals surface area contributed by atoms with Gasteiger partial charge in [0.2, 0.25) is 0 Å². The molecule has 1 aromatic heterocycles. The minimum absolute atomic E-state index is 0.484. The molecule has 1 aliphatic heterocycles. The minimum atomic E-state index is 0.484. The van der Waals surface area contributed by atoms with Gasteiger partial charge in [-0.1, -0.05) is 48.9 Å². The Labute approximate surface area is 137 Å². The standard InChI is InChI=1S/C18H22ClN3/c1-3-15(14-8-5-4-6-9-14)16-10-7-11-22(16)18-12-17(19)20-13(2)21-18/h4-6,8-9,12,15-16H,3,7,10-11H2,1-2H3/t15-,16-/m0/s1. The summed E-state index contributed by atoms with van der Waals surface area (Å²) >= 11 is 6.13. The second-order valence-corrected chi connectivity index (χ2v) is 6.31. The van der Waals surface area contributed by atoms with Crippen molar-refractivity contribution in [1.29, 1.82) is 0 Å². The van der Waals surface area contributed by atoms with Crippen LogP contribution in [0.4, 0.5) is 5.82 Å². The molecule has 2 heterocycles. The summed E-state index contributed by atoms with van der Waals surface area (Å²) in [5.74, 6) is 2.23. The van der Waals surface area contributed by atoms with Gasteiger partial charge in [0, 0.05) is 24.6 Å². The molecule has 22 heavy (non-hydrogen) atoms. The molecule has 0 spiro atoms. The Kier molecular flexibility index (Phi) is 4.63. The van der Waals surface area contributed by atoms with E-state index in [0.29, 0.717) is 17.1 Å². The molecule has 0 saturated carbocycles. The summed E-state index contributed by atoms with van der Waals surface area (Å²) < 4.78 is 0. The van der Waals surface area contributed by atoms with Gasteiger partial charge in [0.25, 0.3) is 0 Å². The van der Waals surface area contributed by atoms with E-state index < -0.39 is 0 Å². The Morgan fingerprint density at radius 3 is 2.73 bits per heavy atom. The predicted octanol–water partition coefficient (Wildman–Crippen LogP) is 4.60. The first-order valence-corrected chi connectivity index (χ1v) is 8.39. The maximum absolute atomic E-state index is 6.13. The van der Waals surface area contributed by atoms with Gasteiger partial charge in [-0.2, -0.15) is 0 Å². The molecule has 2 aromatic rings. The summed E-state index contributed by atoms with van der Waals surface area (Å²) in [5, 5.41) is 0.529. The van der Waals surface area contributed by atoms with Crippen LogP contribution in [0.3, 0.4) is 0 Å². The van der Waals surface area contributed by atoms with Crippen molar-refractivity contribution in [2.24, 2.45) is 0 Å². The molecule has 116 valence electrons. The SMILES string of the molecule is CC[C@@H](c1ccccc1)[C@@H]1CCCN1c1cc(Cl)nc(C)n1. The summed E-state index contributed by atoms with van der Waals surface area (Å²) in [6.45, 7) is 5.21. The molecule has 1 aromatic carbocycles. The highest BCUT2D eigenvalue weighted by atomic mass is 35.5. The average Bonchev–Trinajstić information content (AvgIpc) is 2.97. The quantitative estimate of drug-likeness (QED) is 0.772. The Bertz CT molecular complexity index is 609. The Morgan fingerprint density at radius 2 is 2.05 bits per heavy atom. The van der Waals surface area contributed by atoms with Crippen LogP contribution in [0.1, 0.15) is 43.5 Å². The van der Waals surface area contributed by atoms with E-state index in [2.05, 4.69) is 52.1 Å². The van der Waals surface area contributed by atoms with E-state index in [0.717, 1.165) is 24.6 Å². The molecular weight excluding hydrogens is 294 g/mol. The number of benzene rings is 1. The number of anilines is 1. The number of aryl methyl sites for hydroxylation is 1. The zero-order valence-corrected chi connectivity index (χ0v) is 13.9. The normalized spacial score (nSPS) is 19.4. The fourth-order valence-electron chi connectivity index (χ4n) is 3.59. The third kappa shape index (κ3) is 3.09. The second-order valence-electron chi connectivity index (χ2n) is 5.92. The van der Waals surface area contributed by atoms with Gasteiger partial charge in [-0.15, -0.1) is 0 Å². The van der Waals surface area contributed by atoms with E-state index in [-0.39, 0.29) is 0 Å². The van der Waals surface area contributed by atoms with Crippen molar-refractivity contribution < 1.29 is 0 Å². The van der Waals surface area contributed by atoms with Crippen LogP contribution >= 0.6 is 11.6 Å². The number of halogens is 1. The van der Waals surface area contributed by atoms with Crippen molar-refractivity contribution in [3.05, 3.63) is 52.9 Å². The van der Waals surface area contributed by atoms with E-state index >= 15 is 0 Å². The van der Waals surface area contributed by atoms with Gasteiger partial charge in [0.05, 0.1) is 0 Å². The molecule has 0 bridgehead atoms. The molecule has 1 aliphatic rings. The van der Waals surface area contributed by atoms with E-state index in [4.69, 9.17) is 11.6 Å². The first-order chi connectivity index (χ1) is 10.7.